The van der Waals surface area contributed by atoms with Crippen molar-refractivity contribution < 1.29 is 5.11 Å². The van der Waals surface area contributed by atoms with Crippen molar-refractivity contribution in [3.8, 4) is 11.8 Å². The average Bonchev–Trinajstić information content (AvgIpc) is 2.77. The molecule has 1 saturated heterocycles. The van der Waals surface area contributed by atoms with Crippen LogP contribution in [-0.4, -0.2) is 54.7 Å². The summed E-state index contributed by atoms with van der Waals surface area (Å²) in [7, 11) is 2.17. The van der Waals surface area contributed by atoms with E-state index in [1.165, 1.54) is 4.88 Å². The Hall–Kier alpha value is -0.860. The van der Waals surface area contributed by atoms with E-state index in [0.29, 0.717) is 0 Å². The van der Waals surface area contributed by atoms with Gasteiger partial charge in [-0.2, -0.15) is 0 Å². The van der Waals surface area contributed by atoms with Crippen LogP contribution in [-0.2, 0) is 6.54 Å². The molecule has 1 aromatic heterocycles. The van der Waals surface area contributed by atoms with Crippen LogP contribution < -0.4 is 0 Å². The number of hydrogen-bond acceptors (Lipinski definition) is 4. The molecule has 4 heteroatoms. The number of aliphatic hydroxyl groups excluding tert-OH is 1. The van der Waals surface area contributed by atoms with E-state index < -0.39 is 0 Å². The fourth-order valence-electron chi connectivity index (χ4n) is 1.90. The predicted molar refractivity (Wildman–Crippen MR) is 71.1 cm³/mol. The van der Waals surface area contributed by atoms with Gasteiger partial charge in [0, 0.05) is 48.5 Å². The summed E-state index contributed by atoms with van der Waals surface area (Å²) < 4.78 is 0. The Bertz CT molecular complexity index is 411. The van der Waals surface area contributed by atoms with Crippen molar-refractivity contribution in [1.82, 2.24) is 9.80 Å². The summed E-state index contributed by atoms with van der Waals surface area (Å²) in [5.41, 5.74) is 1.02. The minimum Gasteiger partial charge on any atom is -0.384 e. The van der Waals surface area contributed by atoms with E-state index in [1.54, 1.807) is 11.3 Å². The summed E-state index contributed by atoms with van der Waals surface area (Å²) in [6, 6.07) is 2.13. The highest BCUT2D eigenvalue weighted by Crippen LogP contribution is 2.16. The van der Waals surface area contributed by atoms with Crippen LogP contribution in [0.15, 0.2) is 11.4 Å². The third-order valence-corrected chi connectivity index (χ3v) is 3.86. The van der Waals surface area contributed by atoms with Gasteiger partial charge in [0.2, 0.25) is 0 Å². The van der Waals surface area contributed by atoms with E-state index in [1.807, 2.05) is 0 Å². The number of hydrogen-bond donors (Lipinski definition) is 1. The standard InChI is InChI=1S/C13H18N2OS/c1-14-4-6-15(7-5-14)10-13-9-12(11-17-13)3-2-8-16/h9,11,16H,4-8,10H2,1H3. The Labute approximate surface area is 107 Å². The van der Waals surface area contributed by atoms with Crippen LogP contribution in [0.1, 0.15) is 10.4 Å². The van der Waals surface area contributed by atoms with E-state index in [4.69, 9.17) is 5.11 Å². The molecule has 1 N–H and O–H groups in total. The quantitative estimate of drug-likeness (QED) is 0.788. The molecule has 0 atom stereocenters. The molecule has 0 spiro atoms. The summed E-state index contributed by atoms with van der Waals surface area (Å²) in [5, 5.41) is 10.7. The highest BCUT2D eigenvalue weighted by atomic mass is 32.1. The number of likely N-dealkylation sites (N-methyl/N-ethyl adjacent to an activating group) is 1. The van der Waals surface area contributed by atoms with Crippen molar-refractivity contribution in [3.05, 3.63) is 21.9 Å². The minimum atomic E-state index is -0.0658. The van der Waals surface area contributed by atoms with Gasteiger partial charge in [0.1, 0.15) is 6.61 Å². The van der Waals surface area contributed by atoms with Crippen LogP contribution in [0.3, 0.4) is 0 Å². The second kappa shape index (κ2) is 6.18. The second-order valence-corrected chi connectivity index (χ2v) is 5.34. The topological polar surface area (TPSA) is 26.7 Å². The van der Waals surface area contributed by atoms with Crippen molar-refractivity contribution in [2.45, 2.75) is 6.54 Å². The molecule has 1 aromatic rings. The van der Waals surface area contributed by atoms with E-state index in [2.05, 4.69) is 40.1 Å². The maximum absolute atomic E-state index is 8.64. The first-order valence-corrected chi connectivity index (χ1v) is 6.74. The average molecular weight is 250 g/mol. The molecule has 2 rings (SSSR count). The van der Waals surface area contributed by atoms with Crippen LogP contribution in [0.25, 0.3) is 0 Å². The number of aliphatic hydroxyl groups is 1. The van der Waals surface area contributed by atoms with Gasteiger partial charge >= 0.3 is 0 Å². The van der Waals surface area contributed by atoms with Crippen molar-refractivity contribution in [1.29, 1.82) is 0 Å². The van der Waals surface area contributed by atoms with Crippen molar-refractivity contribution in [3.63, 3.8) is 0 Å². The molecule has 1 fully saturated rings. The fourth-order valence-corrected chi connectivity index (χ4v) is 2.75. The summed E-state index contributed by atoms with van der Waals surface area (Å²) in [4.78, 5) is 6.20. The van der Waals surface area contributed by atoms with E-state index >= 15 is 0 Å². The molecule has 0 radical (unpaired) electrons. The van der Waals surface area contributed by atoms with E-state index in [-0.39, 0.29) is 6.61 Å². The van der Waals surface area contributed by atoms with Gasteiger partial charge in [-0.25, -0.2) is 0 Å². The summed E-state index contributed by atoms with van der Waals surface area (Å²) >= 11 is 1.76. The Morgan fingerprint density at radius 1 is 1.35 bits per heavy atom. The highest BCUT2D eigenvalue weighted by molar-refractivity contribution is 7.10. The lowest BCUT2D eigenvalue weighted by Crippen LogP contribution is -2.43. The number of rotatable bonds is 2. The molecule has 3 nitrogen and oxygen atoms in total. The van der Waals surface area contributed by atoms with Crippen LogP contribution in [0, 0.1) is 11.8 Å². The maximum atomic E-state index is 8.64. The summed E-state index contributed by atoms with van der Waals surface area (Å²) in [5.74, 6) is 5.62. The first-order chi connectivity index (χ1) is 8.28. The lowest BCUT2D eigenvalue weighted by Gasteiger charge is -2.31. The Morgan fingerprint density at radius 3 is 2.82 bits per heavy atom. The van der Waals surface area contributed by atoms with Crippen LogP contribution >= 0.6 is 11.3 Å². The predicted octanol–water partition coefficient (Wildman–Crippen LogP) is 0.839. The number of thiophene rings is 1. The molecule has 0 unspecified atom stereocenters. The van der Waals surface area contributed by atoms with Crippen molar-refractivity contribution in [2.75, 3.05) is 39.8 Å². The van der Waals surface area contributed by atoms with Gasteiger partial charge in [-0.3, -0.25) is 4.90 Å². The molecular formula is C13H18N2OS. The molecule has 1 aliphatic rings. The molecule has 0 saturated carbocycles. The highest BCUT2D eigenvalue weighted by Gasteiger charge is 2.14. The van der Waals surface area contributed by atoms with Gasteiger partial charge in [-0.15, -0.1) is 11.3 Å². The SMILES string of the molecule is CN1CCN(Cc2cc(C#CCO)cs2)CC1. The molecule has 0 amide bonds. The molecule has 92 valence electrons. The summed E-state index contributed by atoms with van der Waals surface area (Å²) in [6.07, 6.45) is 0. The van der Waals surface area contributed by atoms with Crippen molar-refractivity contribution >= 4 is 11.3 Å². The van der Waals surface area contributed by atoms with Gasteiger partial charge in [0.05, 0.1) is 0 Å². The maximum Gasteiger partial charge on any atom is 0.104 e. The number of piperazine rings is 1. The molecule has 0 aromatic carbocycles. The third-order valence-electron chi connectivity index (χ3n) is 2.94. The third kappa shape index (κ3) is 3.83. The van der Waals surface area contributed by atoms with Gasteiger partial charge < -0.3 is 10.0 Å². The lowest BCUT2D eigenvalue weighted by atomic mass is 10.3. The zero-order chi connectivity index (χ0) is 12.1. The zero-order valence-corrected chi connectivity index (χ0v) is 11.0. The Balaban J connectivity index is 1.88. The molecular weight excluding hydrogens is 232 g/mol. The molecule has 0 bridgehead atoms. The van der Waals surface area contributed by atoms with Gasteiger partial charge in [0.25, 0.3) is 0 Å². The Morgan fingerprint density at radius 2 is 2.12 bits per heavy atom. The fraction of sp³-hybridized carbons (Fsp3) is 0.538. The smallest absolute Gasteiger partial charge is 0.104 e. The normalized spacial score (nSPS) is 17.8. The van der Waals surface area contributed by atoms with Crippen LogP contribution in [0.5, 0.6) is 0 Å². The van der Waals surface area contributed by atoms with Crippen molar-refractivity contribution in [2.24, 2.45) is 0 Å². The molecule has 2 heterocycles. The van der Waals surface area contributed by atoms with Gasteiger partial charge in [0.15, 0.2) is 0 Å². The molecule has 0 aliphatic carbocycles. The summed E-state index contributed by atoms with van der Waals surface area (Å²) in [6.45, 7) is 5.56. The van der Waals surface area contributed by atoms with E-state index in [9.17, 15) is 0 Å². The Kier molecular flexibility index (Phi) is 4.57. The molecule has 17 heavy (non-hydrogen) atoms. The van der Waals surface area contributed by atoms with Gasteiger partial charge in [-0.05, 0) is 13.1 Å². The minimum absolute atomic E-state index is 0.0658. The lowest BCUT2D eigenvalue weighted by molar-refractivity contribution is 0.149. The molecule has 1 aliphatic heterocycles. The first kappa shape index (κ1) is 12.6. The van der Waals surface area contributed by atoms with Crippen LogP contribution in [0.2, 0.25) is 0 Å². The second-order valence-electron chi connectivity index (χ2n) is 4.34. The van der Waals surface area contributed by atoms with Gasteiger partial charge in [-0.1, -0.05) is 11.8 Å². The first-order valence-electron chi connectivity index (χ1n) is 5.86. The number of nitrogens with zero attached hydrogens (tertiary/aromatic N) is 2. The zero-order valence-electron chi connectivity index (χ0n) is 10.1. The van der Waals surface area contributed by atoms with Crippen LogP contribution in [0.4, 0.5) is 0 Å². The van der Waals surface area contributed by atoms with E-state index in [0.717, 1.165) is 38.3 Å². The largest absolute Gasteiger partial charge is 0.384 e. The monoisotopic (exact) mass is 250 g/mol.